The van der Waals surface area contributed by atoms with Crippen molar-refractivity contribution >= 4 is 0 Å². The zero-order valence-electron chi connectivity index (χ0n) is 14.0. The molecule has 139 valence electrons. The molecule has 0 saturated carbocycles. The maximum absolute atomic E-state index is 5.50. The number of fused-ring (bicyclic) bond motifs is 2. The van der Waals surface area contributed by atoms with Gasteiger partial charge in [-0.15, -0.1) is 0 Å². The van der Waals surface area contributed by atoms with E-state index in [1.165, 1.54) is 18.5 Å². The molecule has 1 aromatic carbocycles. The molecule has 24 heavy (non-hydrogen) atoms. The summed E-state index contributed by atoms with van der Waals surface area (Å²) in [5.41, 5.74) is 1.41. The Hall–Kier alpha value is 0.244. The first-order valence-electron chi connectivity index (χ1n) is 7.96. The normalized spacial score (nSPS) is 21.4. The molecule has 2 atom stereocenters. The molecule has 1 radical (unpaired) electrons. The van der Waals surface area contributed by atoms with E-state index in [4.69, 9.17) is 4.74 Å². The molecule has 2 bridgehead atoms. The van der Waals surface area contributed by atoms with Crippen LogP contribution in [0, 0.1) is 5.92 Å². The second-order valence-corrected chi connectivity index (χ2v) is 6.65. The smallest absolute Gasteiger partial charge is 0.0622 e. The summed E-state index contributed by atoms with van der Waals surface area (Å²) in [6.45, 7) is 12.2. The van der Waals surface area contributed by atoms with Crippen LogP contribution < -0.4 is 0 Å². The molecular weight excluding hydrogens is 371 g/mol. The third-order valence-corrected chi connectivity index (χ3v) is 4.34. The van der Waals surface area contributed by atoms with Gasteiger partial charge in [-0.1, -0.05) is 66.5 Å². The van der Waals surface area contributed by atoms with Crippen molar-refractivity contribution in [2.75, 3.05) is 19.8 Å². The van der Waals surface area contributed by atoms with Crippen LogP contribution in [0.2, 0.25) is 0 Å². The van der Waals surface area contributed by atoms with Crippen molar-refractivity contribution in [2.45, 2.75) is 74.4 Å². The number of ether oxygens (including phenoxy) is 1. The van der Waals surface area contributed by atoms with E-state index in [-0.39, 0.29) is 55.0 Å². The van der Waals surface area contributed by atoms with Crippen LogP contribution in [0.5, 0.6) is 0 Å². The van der Waals surface area contributed by atoms with Crippen molar-refractivity contribution in [3.63, 3.8) is 0 Å². The summed E-state index contributed by atoms with van der Waals surface area (Å²) in [5.74, 6) is 1.49. The van der Waals surface area contributed by atoms with Crippen LogP contribution >= 0.6 is 0 Å². The van der Waals surface area contributed by atoms with Crippen molar-refractivity contribution in [1.29, 1.82) is 0 Å². The zero-order valence-corrected chi connectivity index (χ0v) is 16.8. The third-order valence-electron chi connectivity index (χ3n) is 4.34. The minimum absolute atomic E-state index is 0. The Labute approximate surface area is 177 Å². The number of nitrogens with zero attached hydrogens (tertiary/aromatic N) is 1. The van der Waals surface area contributed by atoms with Crippen molar-refractivity contribution in [3.8, 4) is 0 Å². The predicted molar refractivity (Wildman–Crippen MR) is 105 cm³/mol. The minimum Gasteiger partial charge on any atom is -0.379 e. The molecule has 0 aromatic heterocycles. The van der Waals surface area contributed by atoms with Gasteiger partial charge >= 0.3 is 0 Å². The van der Waals surface area contributed by atoms with Crippen molar-refractivity contribution in [1.82, 2.24) is 4.90 Å². The number of hydrogen-bond acceptors (Lipinski definition) is 2. The van der Waals surface area contributed by atoms with E-state index in [0.29, 0.717) is 12.0 Å². The van der Waals surface area contributed by atoms with Crippen molar-refractivity contribution in [3.05, 3.63) is 35.9 Å². The predicted octanol–water partition coefficient (Wildman–Crippen LogP) is 5.83. The first kappa shape index (κ1) is 29.0. The maximum Gasteiger partial charge on any atom is 0.0622 e. The van der Waals surface area contributed by atoms with E-state index >= 15 is 0 Å². The van der Waals surface area contributed by atoms with Crippen LogP contribution in [0.4, 0.5) is 0 Å². The molecule has 0 spiro atoms. The van der Waals surface area contributed by atoms with Gasteiger partial charge < -0.3 is 4.74 Å². The van der Waals surface area contributed by atoms with Gasteiger partial charge in [0.15, 0.2) is 0 Å². The molecule has 2 heterocycles. The van der Waals surface area contributed by atoms with Crippen LogP contribution in [0.25, 0.3) is 0 Å². The Kier molecular flexibility index (Phi) is 17.4. The Bertz CT molecular complexity index is 394. The van der Waals surface area contributed by atoms with Gasteiger partial charge in [0.25, 0.3) is 0 Å². The summed E-state index contributed by atoms with van der Waals surface area (Å²) < 4.78 is 5.50. The van der Waals surface area contributed by atoms with Gasteiger partial charge in [-0.05, 0) is 37.7 Å². The number of likely N-dealkylation sites (tertiary alicyclic amines) is 1. The van der Waals surface area contributed by atoms with Crippen LogP contribution in [-0.2, 0) is 37.4 Å². The van der Waals surface area contributed by atoms with E-state index in [1.807, 2.05) is 6.07 Å². The molecule has 2 aliphatic rings. The van der Waals surface area contributed by atoms with E-state index in [0.717, 1.165) is 25.2 Å². The molecule has 0 aliphatic carbocycles. The topological polar surface area (TPSA) is 12.5 Å². The maximum atomic E-state index is 5.50. The zero-order chi connectivity index (χ0) is 14.5. The van der Waals surface area contributed by atoms with Gasteiger partial charge in [-0.3, -0.25) is 4.90 Å². The van der Waals surface area contributed by atoms with E-state index in [9.17, 15) is 0 Å². The van der Waals surface area contributed by atoms with Crippen molar-refractivity contribution < 1.29 is 37.4 Å². The number of rotatable bonds is 2. The molecule has 0 amide bonds. The van der Waals surface area contributed by atoms with E-state index < -0.39 is 0 Å². The van der Waals surface area contributed by atoms with Gasteiger partial charge in [0.2, 0.25) is 0 Å². The molecule has 3 rings (SSSR count). The second-order valence-electron chi connectivity index (χ2n) is 6.65. The van der Waals surface area contributed by atoms with E-state index in [1.54, 1.807) is 0 Å². The summed E-state index contributed by atoms with van der Waals surface area (Å²) in [6, 6.07) is 12.0. The summed E-state index contributed by atoms with van der Waals surface area (Å²) in [6.07, 6.45) is 1.37. The summed E-state index contributed by atoms with van der Waals surface area (Å²) >= 11 is 0. The third kappa shape index (κ3) is 8.56. The molecule has 3 heteroatoms. The molecule has 2 fully saturated rings. The van der Waals surface area contributed by atoms with Crippen LogP contribution in [0.15, 0.2) is 30.3 Å². The monoisotopic (exact) mass is 412 g/mol. The molecule has 1 aromatic rings. The fourth-order valence-electron chi connectivity index (χ4n) is 3.17. The average Bonchev–Trinajstić information content (AvgIpc) is 2.75. The van der Waals surface area contributed by atoms with Crippen LogP contribution in [-0.4, -0.2) is 36.7 Å². The summed E-state index contributed by atoms with van der Waals surface area (Å²) in [5, 5.41) is 0. The van der Waals surface area contributed by atoms with Gasteiger partial charge in [-0.2, -0.15) is 0 Å². The second kappa shape index (κ2) is 14.4. The average molecular weight is 412 g/mol. The Morgan fingerprint density at radius 3 is 1.96 bits per heavy atom. The van der Waals surface area contributed by atoms with Crippen LogP contribution in [0.3, 0.4) is 0 Å². The Morgan fingerprint density at radius 2 is 1.54 bits per heavy atom. The fourth-order valence-corrected chi connectivity index (χ4v) is 3.17. The SMILES string of the molecule is C.C.C.CC(C)N1C[C@H]2COC[C@@H]1C2.CC(C)c1ccccc1.[Y]. The fraction of sp³-hybridized carbons (Fsp3) is 0.714. The van der Waals surface area contributed by atoms with Gasteiger partial charge in [0.1, 0.15) is 0 Å². The molecule has 2 nitrogen and oxygen atoms in total. The van der Waals surface area contributed by atoms with Gasteiger partial charge in [0, 0.05) is 51.3 Å². The summed E-state index contributed by atoms with van der Waals surface area (Å²) in [4.78, 5) is 2.58. The van der Waals surface area contributed by atoms with E-state index in [2.05, 4.69) is 56.9 Å². The largest absolute Gasteiger partial charge is 0.379 e. The molecule has 2 aliphatic heterocycles. The standard InChI is InChI=1S/C9H17NO.C9H12.3CH4.Y/c1-7(2)10-4-8-3-9(10)6-11-5-8;1-8(2)9-6-4-3-5-7-9;;;;/h7-9H,3-6H2,1-2H3;3-8H,1-2H3;3*1H4;/t8-,9-;;;;;/m0...../s1. The molecule has 0 unspecified atom stereocenters. The van der Waals surface area contributed by atoms with Crippen molar-refractivity contribution in [2.24, 2.45) is 5.92 Å². The Morgan fingerprint density at radius 1 is 0.958 bits per heavy atom. The molecular formula is C21H41NOY. The van der Waals surface area contributed by atoms with Gasteiger partial charge in [-0.25, -0.2) is 0 Å². The summed E-state index contributed by atoms with van der Waals surface area (Å²) in [7, 11) is 0. The first-order valence-corrected chi connectivity index (χ1v) is 7.96. The quantitative estimate of drug-likeness (QED) is 0.606. The molecule has 0 N–H and O–H groups in total. The number of hydrogen-bond donors (Lipinski definition) is 0. The van der Waals surface area contributed by atoms with Crippen LogP contribution in [0.1, 0.15) is 67.9 Å². The minimum atomic E-state index is 0. The number of benzene rings is 1. The molecule has 2 saturated heterocycles. The first-order chi connectivity index (χ1) is 9.58. The Balaban J connectivity index is -0.000000320. The van der Waals surface area contributed by atoms with Gasteiger partial charge in [0.05, 0.1) is 13.2 Å².